The van der Waals surface area contributed by atoms with Gasteiger partial charge in [-0.3, -0.25) is 9.69 Å². The summed E-state index contributed by atoms with van der Waals surface area (Å²) in [7, 11) is 1.89. The average molecular weight is 540 g/mol. The zero-order valence-corrected chi connectivity index (χ0v) is 22.2. The number of rotatable bonds is 7. The number of amides is 1. The summed E-state index contributed by atoms with van der Waals surface area (Å²) >= 11 is 0. The van der Waals surface area contributed by atoms with E-state index in [1.54, 1.807) is 18.5 Å². The lowest BCUT2D eigenvalue weighted by Gasteiger charge is -2.42. The van der Waals surface area contributed by atoms with Crippen LogP contribution in [-0.4, -0.2) is 51.9 Å². The Kier molecular flexibility index (Phi) is 6.50. The van der Waals surface area contributed by atoms with Crippen LogP contribution >= 0.6 is 0 Å². The minimum Gasteiger partial charge on any atom is -0.379 e. The fourth-order valence-electron chi connectivity index (χ4n) is 6.34. The van der Waals surface area contributed by atoms with Crippen molar-refractivity contribution in [2.24, 2.45) is 7.05 Å². The molecule has 3 aromatic rings. The van der Waals surface area contributed by atoms with E-state index in [2.05, 4.69) is 15.1 Å². The van der Waals surface area contributed by atoms with Gasteiger partial charge < -0.3 is 14.2 Å². The first kappa shape index (κ1) is 26.0. The van der Waals surface area contributed by atoms with E-state index >= 15 is 0 Å². The summed E-state index contributed by atoms with van der Waals surface area (Å²) in [5, 5.41) is 8.20. The van der Waals surface area contributed by atoms with Gasteiger partial charge in [0.25, 0.3) is 5.91 Å². The third-order valence-electron chi connectivity index (χ3n) is 8.55. The SMILES string of the molecule is CCC(c1cc2c(c(C(F)(F)F)c1)CN(c1cccc(C3(Cc4nncn4C)COC3)c1)C2=O)N1CCCC1. The molecule has 6 rings (SSSR count). The number of carbonyl (C=O) groups is 1. The van der Waals surface area contributed by atoms with Crippen molar-refractivity contribution in [3.8, 4) is 0 Å². The number of aromatic nitrogens is 3. The first-order valence-electron chi connectivity index (χ1n) is 13.5. The van der Waals surface area contributed by atoms with Crippen LogP contribution in [0.25, 0.3) is 0 Å². The number of ether oxygens (including phenoxy) is 1. The summed E-state index contributed by atoms with van der Waals surface area (Å²) in [5.41, 5.74) is 1.30. The highest BCUT2D eigenvalue weighted by atomic mass is 19.4. The molecule has 2 fully saturated rings. The fourth-order valence-corrected chi connectivity index (χ4v) is 6.34. The van der Waals surface area contributed by atoms with Crippen LogP contribution in [0.2, 0.25) is 0 Å². The second kappa shape index (κ2) is 9.75. The smallest absolute Gasteiger partial charge is 0.379 e. The standard InChI is InChI=1S/C29H32F3N5O2/c1-3-25(36-9-4-5-10-36)19-11-22-23(24(12-19)29(30,31)32)15-37(27(22)38)21-8-6-7-20(13-21)28(16-39-17-28)14-26-34-33-18-35(26)2/h6-8,11-13,18,25H,3-5,9-10,14-17H2,1-2H3. The Balaban J connectivity index is 1.35. The number of halogens is 3. The van der Waals surface area contributed by atoms with Gasteiger partial charge in [0.1, 0.15) is 12.2 Å². The quantitative estimate of drug-likeness (QED) is 0.421. The number of nitrogens with zero attached hydrogens (tertiary/aromatic N) is 5. The van der Waals surface area contributed by atoms with Crippen molar-refractivity contribution in [3.63, 3.8) is 0 Å². The Labute approximate surface area is 225 Å². The molecule has 7 nitrogen and oxygen atoms in total. The molecule has 4 heterocycles. The van der Waals surface area contributed by atoms with E-state index in [1.165, 1.54) is 11.0 Å². The van der Waals surface area contributed by atoms with Crippen LogP contribution in [-0.2, 0) is 36.3 Å². The highest BCUT2D eigenvalue weighted by Gasteiger charge is 2.44. The van der Waals surface area contributed by atoms with E-state index in [0.717, 1.165) is 37.3 Å². The zero-order chi connectivity index (χ0) is 27.4. The van der Waals surface area contributed by atoms with E-state index in [0.29, 0.717) is 37.3 Å². The van der Waals surface area contributed by atoms with Crippen molar-refractivity contribution in [1.29, 1.82) is 0 Å². The third-order valence-corrected chi connectivity index (χ3v) is 8.55. The molecular formula is C29H32F3N5O2. The minimum atomic E-state index is -4.55. The topological polar surface area (TPSA) is 63.5 Å². The van der Waals surface area contributed by atoms with E-state index in [-0.39, 0.29) is 29.1 Å². The van der Waals surface area contributed by atoms with Crippen molar-refractivity contribution in [3.05, 3.63) is 76.4 Å². The van der Waals surface area contributed by atoms with Gasteiger partial charge in [0.15, 0.2) is 0 Å². The summed E-state index contributed by atoms with van der Waals surface area (Å²) < 4.78 is 50.5. The number of fused-ring (bicyclic) bond motifs is 1. The molecule has 0 N–H and O–H groups in total. The monoisotopic (exact) mass is 539 g/mol. The lowest BCUT2D eigenvalue weighted by molar-refractivity contribution is -0.138. The number of likely N-dealkylation sites (tertiary alicyclic amines) is 1. The van der Waals surface area contributed by atoms with Crippen molar-refractivity contribution in [2.45, 2.75) is 56.8 Å². The van der Waals surface area contributed by atoms with Crippen molar-refractivity contribution in [2.75, 3.05) is 31.2 Å². The van der Waals surface area contributed by atoms with Gasteiger partial charge in [-0.1, -0.05) is 19.1 Å². The molecule has 10 heteroatoms. The predicted octanol–water partition coefficient (Wildman–Crippen LogP) is 5.05. The maximum absolute atomic E-state index is 14.3. The van der Waals surface area contributed by atoms with Crippen LogP contribution < -0.4 is 4.90 Å². The molecule has 0 spiro atoms. The number of benzene rings is 2. The van der Waals surface area contributed by atoms with Gasteiger partial charge in [0.05, 0.1) is 25.3 Å². The first-order valence-corrected chi connectivity index (χ1v) is 13.5. The number of anilines is 1. The molecule has 1 aromatic heterocycles. The number of alkyl halides is 3. The van der Waals surface area contributed by atoms with E-state index in [1.807, 2.05) is 36.7 Å². The Hall–Kier alpha value is -3.24. The van der Waals surface area contributed by atoms with Crippen molar-refractivity contribution in [1.82, 2.24) is 19.7 Å². The highest BCUT2D eigenvalue weighted by Crippen LogP contribution is 2.43. The Morgan fingerprint density at radius 2 is 1.90 bits per heavy atom. The molecule has 0 bridgehead atoms. The second-order valence-electron chi connectivity index (χ2n) is 11.0. The number of aryl methyl sites for hydroxylation is 1. The van der Waals surface area contributed by atoms with Gasteiger partial charge in [0, 0.05) is 36.2 Å². The van der Waals surface area contributed by atoms with Crippen LogP contribution in [0.5, 0.6) is 0 Å². The maximum atomic E-state index is 14.3. The van der Waals surface area contributed by atoms with Crippen LogP contribution in [0.1, 0.15) is 70.7 Å². The molecule has 2 saturated heterocycles. The number of carbonyl (C=O) groups excluding carboxylic acids is 1. The largest absolute Gasteiger partial charge is 0.416 e. The number of hydrogen-bond acceptors (Lipinski definition) is 5. The molecule has 1 amide bonds. The Bertz CT molecular complexity index is 1390. The van der Waals surface area contributed by atoms with Gasteiger partial charge in [-0.2, -0.15) is 13.2 Å². The Morgan fingerprint density at radius 1 is 1.13 bits per heavy atom. The zero-order valence-electron chi connectivity index (χ0n) is 22.2. The molecule has 2 aromatic carbocycles. The second-order valence-corrected chi connectivity index (χ2v) is 11.0. The van der Waals surface area contributed by atoms with Crippen LogP contribution in [0.15, 0.2) is 42.7 Å². The summed E-state index contributed by atoms with van der Waals surface area (Å²) in [6.45, 7) is 4.60. The minimum absolute atomic E-state index is 0.0544. The molecule has 0 saturated carbocycles. The van der Waals surface area contributed by atoms with Gasteiger partial charge in [-0.05, 0) is 73.3 Å². The van der Waals surface area contributed by atoms with Gasteiger partial charge in [-0.25, -0.2) is 0 Å². The molecule has 0 aliphatic carbocycles. The number of hydrogen-bond donors (Lipinski definition) is 0. The van der Waals surface area contributed by atoms with Crippen LogP contribution in [0.3, 0.4) is 0 Å². The molecule has 39 heavy (non-hydrogen) atoms. The normalized spacial score (nSPS) is 19.8. The molecule has 1 atom stereocenters. The molecule has 3 aliphatic rings. The maximum Gasteiger partial charge on any atom is 0.416 e. The van der Waals surface area contributed by atoms with E-state index in [9.17, 15) is 18.0 Å². The molecular weight excluding hydrogens is 507 g/mol. The molecule has 1 unspecified atom stereocenters. The summed E-state index contributed by atoms with van der Waals surface area (Å²) in [5.74, 6) is 0.428. The Morgan fingerprint density at radius 3 is 2.51 bits per heavy atom. The lowest BCUT2D eigenvalue weighted by Crippen LogP contribution is -2.49. The lowest BCUT2D eigenvalue weighted by atomic mass is 9.75. The summed E-state index contributed by atoms with van der Waals surface area (Å²) in [6.07, 6.45) is 0.478. The van der Waals surface area contributed by atoms with E-state index < -0.39 is 17.6 Å². The van der Waals surface area contributed by atoms with Gasteiger partial charge in [-0.15, -0.1) is 10.2 Å². The first-order chi connectivity index (χ1) is 18.7. The predicted molar refractivity (Wildman–Crippen MR) is 139 cm³/mol. The van der Waals surface area contributed by atoms with Gasteiger partial charge >= 0.3 is 6.18 Å². The fraction of sp³-hybridized carbons (Fsp3) is 0.483. The summed E-state index contributed by atoms with van der Waals surface area (Å²) in [4.78, 5) is 17.4. The van der Waals surface area contributed by atoms with Crippen molar-refractivity contribution >= 4 is 11.6 Å². The third kappa shape index (κ3) is 4.53. The van der Waals surface area contributed by atoms with Crippen molar-refractivity contribution < 1.29 is 22.7 Å². The van der Waals surface area contributed by atoms with Gasteiger partial charge in [0.2, 0.25) is 0 Å². The highest BCUT2D eigenvalue weighted by molar-refractivity contribution is 6.10. The molecule has 0 radical (unpaired) electrons. The molecule has 206 valence electrons. The van der Waals surface area contributed by atoms with Crippen LogP contribution in [0, 0.1) is 0 Å². The van der Waals surface area contributed by atoms with Crippen LogP contribution in [0.4, 0.5) is 18.9 Å². The molecule has 3 aliphatic heterocycles. The average Bonchev–Trinajstić information content (AvgIpc) is 3.63. The summed E-state index contributed by atoms with van der Waals surface area (Å²) in [6, 6.07) is 10.4. The van der Waals surface area contributed by atoms with E-state index in [4.69, 9.17) is 4.74 Å².